The summed E-state index contributed by atoms with van der Waals surface area (Å²) in [5, 5.41) is 3.63. The van der Waals surface area contributed by atoms with Crippen LogP contribution in [0.25, 0.3) is 0 Å². The fourth-order valence-electron chi connectivity index (χ4n) is 3.94. The van der Waals surface area contributed by atoms with Crippen molar-refractivity contribution in [3.63, 3.8) is 0 Å². The van der Waals surface area contributed by atoms with Crippen molar-refractivity contribution in [3.05, 3.63) is 94.3 Å². The highest BCUT2D eigenvalue weighted by molar-refractivity contribution is 6.30. The fourth-order valence-corrected chi connectivity index (χ4v) is 4.07. The number of rotatable bonds is 7. The van der Waals surface area contributed by atoms with E-state index in [1.54, 1.807) is 35.2 Å². The molecular weight excluding hydrogens is 471 g/mol. The molecule has 35 heavy (non-hydrogen) atoms. The van der Waals surface area contributed by atoms with Crippen LogP contribution in [0, 0.1) is 5.82 Å². The first-order chi connectivity index (χ1) is 16.9. The second kappa shape index (κ2) is 11.2. The van der Waals surface area contributed by atoms with Gasteiger partial charge in [0.1, 0.15) is 12.4 Å². The molecule has 0 spiro atoms. The Kier molecular flexibility index (Phi) is 7.87. The van der Waals surface area contributed by atoms with Crippen LogP contribution in [-0.2, 0) is 6.61 Å². The Hall–Kier alpha value is -3.58. The first-order valence-electron chi connectivity index (χ1n) is 11.3. The third-order valence-electron chi connectivity index (χ3n) is 5.94. The van der Waals surface area contributed by atoms with Crippen molar-refractivity contribution in [1.29, 1.82) is 0 Å². The molecule has 0 unspecified atom stereocenters. The average Bonchev–Trinajstić information content (AvgIpc) is 2.88. The summed E-state index contributed by atoms with van der Waals surface area (Å²) in [6.45, 7) is 1.38. The number of nitrogens with one attached hydrogen (secondary N) is 1. The number of carbonyl (C=O) groups excluding carboxylic acids is 2. The van der Waals surface area contributed by atoms with E-state index in [0.717, 1.165) is 5.56 Å². The molecule has 1 fully saturated rings. The molecule has 1 aliphatic heterocycles. The molecular formula is C27H26ClFN2O4. The Balaban J connectivity index is 1.32. The number of piperidine rings is 1. The van der Waals surface area contributed by atoms with Gasteiger partial charge in [-0.1, -0.05) is 23.7 Å². The van der Waals surface area contributed by atoms with Crippen molar-refractivity contribution < 1.29 is 23.5 Å². The number of methoxy groups -OCH3 is 1. The van der Waals surface area contributed by atoms with E-state index in [4.69, 9.17) is 21.1 Å². The number of hydrogen-bond acceptors (Lipinski definition) is 4. The van der Waals surface area contributed by atoms with Gasteiger partial charge in [-0.3, -0.25) is 9.59 Å². The molecule has 3 aromatic carbocycles. The summed E-state index contributed by atoms with van der Waals surface area (Å²) in [6.07, 6.45) is 1.27. The van der Waals surface area contributed by atoms with Crippen LogP contribution in [0.1, 0.15) is 39.1 Å². The van der Waals surface area contributed by atoms with Crippen LogP contribution in [0.5, 0.6) is 11.5 Å². The maximum absolute atomic E-state index is 13.1. The van der Waals surface area contributed by atoms with Crippen molar-refractivity contribution in [2.75, 3.05) is 20.2 Å². The zero-order valence-electron chi connectivity index (χ0n) is 19.3. The van der Waals surface area contributed by atoms with Crippen LogP contribution in [-0.4, -0.2) is 43.0 Å². The van der Waals surface area contributed by atoms with Crippen molar-refractivity contribution in [2.45, 2.75) is 25.5 Å². The monoisotopic (exact) mass is 496 g/mol. The second-order valence-corrected chi connectivity index (χ2v) is 8.76. The van der Waals surface area contributed by atoms with E-state index < -0.39 is 0 Å². The van der Waals surface area contributed by atoms with Crippen LogP contribution in [0.4, 0.5) is 4.39 Å². The third kappa shape index (κ3) is 6.31. The minimum Gasteiger partial charge on any atom is -0.493 e. The number of carbonyl (C=O) groups is 2. The van der Waals surface area contributed by atoms with E-state index in [-0.39, 0.29) is 23.7 Å². The number of halogens is 2. The van der Waals surface area contributed by atoms with E-state index >= 15 is 0 Å². The smallest absolute Gasteiger partial charge is 0.253 e. The Bertz CT molecular complexity index is 1180. The summed E-state index contributed by atoms with van der Waals surface area (Å²) in [4.78, 5) is 27.2. The summed E-state index contributed by atoms with van der Waals surface area (Å²) in [6, 6.07) is 17.9. The molecule has 0 atom stereocenters. The van der Waals surface area contributed by atoms with Crippen LogP contribution < -0.4 is 14.8 Å². The second-order valence-electron chi connectivity index (χ2n) is 8.33. The van der Waals surface area contributed by atoms with Gasteiger partial charge in [-0.15, -0.1) is 0 Å². The molecule has 182 valence electrons. The van der Waals surface area contributed by atoms with E-state index in [9.17, 15) is 14.0 Å². The predicted octanol–water partition coefficient (Wildman–Crippen LogP) is 5.10. The predicted molar refractivity (Wildman–Crippen MR) is 132 cm³/mol. The Morgan fingerprint density at radius 1 is 0.971 bits per heavy atom. The zero-order valence-corrected chi connectivity index (χ0v) is 20.1. The molecule has 4 rings (SSSR count). The van der Waals surface area contributed by atoms with Gasteiger partial charge in [0.25, 0.3) is 11.8 Å². The molecule has 0 aromatic heterocycles. The van der Waals surface area contributed by atoms with Crippen molar-refractivity contribution in [1.82, 2.24) is 10.2 Å². The maximum atomic E-state index is 13.1. The van der Waals surface area contributed by atoms with E-state index in [2.05, 4.69) is 5.32 Å². The largest absolute Gasteiger partial charge is 0.493 e. The van der Waals surface area contributed by atoms with Gasteiger partial charge in [0.2, 0.25) is 0 Å². The third-order valence-corrected chi connectivity index (χ3v) is 6.19. The van der Waals surface area contributed by atoms with Crippen molar-refractivity contribution in [2.24, 2.45) is 0 Å². The van der Waals surface area contributed by atoms with Gasteiger partial charge in [-0.25, -0.2) is 4.39 Å². The SMILES string of the molecule is COc1cc(C(=O)N2CCC(NC(=O)c3ccc(F)cc3)CC2)ccc1OCc1ccc(Cl)cc1. The Morgan fingerprint density at radius 2 is 1.63 bits per heavy atom. The molecule has 0 saturated carbocycles. The van der Waals surface area contributed by atoms with Crippen LogP contribution in [0.3, 0.4) is 0 Å². The lowest BCUT2D eigenvalue weighted by atomic mass is 10.0. The molecule has 2 amide bonds. The highest BCUT2D eigenvalue weighted by Crippen LogP contribution is 2.30. The van der Waals surface area contributed by atoms with Crippen LogP contribution >= 0.6 is 11.6 Å². The van der Waals surface area contributed by atoms with E-state index in [1.807, 2.05) is 12.1 Å². The molecule has 0 aliphatic carbocycles. The topological polar surface area (TPSA) is 67.9 Å². The van der Waals surface area contributed by atoms with Gasteiger partial charge >= 0.3 is 0 Å². The van der Waals surface area contributed by atoms with Crippen molar-refractivity contribution >= 4 is 23.4 Å². The molecule has 1 aliphatic rings. The summed E-state index contributed by atoms with van der Waals surface area (Å²) >= 11 is 5.92. The summed E-state index contributed by atoms with van der Waals surface area (Å²) in [5.41, 5.74) is 1.89. The van der Waals surface area contributed by atoms with Gasteiger partial charge in [0, 0.05) is 35.3 Å². The molecule has 8 heteroatoms. The van der Waals surface area contributed by atoms with Crippen LogP contribution in [0.2, 0.25) is 5.02 Å². The number of hydrogen-bond donors (Lipinski definition) is 1. The molecule has 0 radical (unpaired) electrons. The quantitative estimate of drug-likeness (QED) is 0.494. The molecule has 1 N–H and O–H groups in total. The fraction of sp³-hybridized carbons (Fsp3) is 0.259. The minimum atomic E-state index is -0.383. The highest BCUT2D eigenvalue weighted by Gasteiger charge is 2.25. The summed E-state index contributed by atoms with van der Waals surface area (Å²) in [7, 11) is 1.54. The lowest BCUT2D eigenvalue weighted by Gasteiger charge is -2.32. The highest BCUT2D eigenvalue weighted by atomic mass is 35.5. The molecule has 1 heterocycles. The standard InChI is InChI=1S/C27H26ClFN2O4/c1-34-25-16-20(6-11-24(25)35-17-18-2-7-21(28)8-3-18)27(33)31-14-12-23(13-15-31)30-26(32)19-4-9-22(29)10-5-19/h2-11,16,23H,12-15,17H2,1H3,(H,30,32). The number of ether oxygens (including phenoxy) is 2. The first kappa shape index (κ1) is 24.5. The number of nitrogens with zero attached hydrogens (tertiary/aromatic N) is 1. The maximum Gasteiger partial charge on any atom is 0.253 e. The van der Waals surface area contributed by atoms with Gasteiger partial charge in [-0.2, -0.15) is 0 Å². The van der Waals surface area contributed by atoms with E-state index in [1.165, 1.54) is 31.4 Å². The van der Waals surface area contributed by atoms with E-state index in [0.29, 0.717) is 60.2 Å². The Morgan fingerprint density at radius 3 is 2.29 bits per heavy atom. The number of likely N-dealkylation sites (tertiary alicyclic amines) is 1. The Labute approximate surface area is 208 Å². The molecule has 3 aromatic rings. The van der Waals surface area contributed by atoms with Gasteiger partial charge in [-0.05, 0) is 73.0 Å². The number of benzene rings is 3. The molecule has 1 saturated heterocycles. The minimum absolute atomic E-state index is 0.0465. The van der Waals surface area contributed by atoms with Gasteiger partial charge in [0.05, 0.1) is 7.11 Å². The zero-order chi connectivity index (χ0) is 24.8. The van der Waals surface area contributed by atoms with Crippen molar-refractivity contribution in [3.8, 4) is 11.5 Å². The first-order valence-corrected chi connectivity index (χ1v) is 11.7. The molecule has 6 nitrogen and oxygen atoms in total. The lowest BCUT2D eigenvalue weighted by Crippen LogP contribution is -2.46. The van der Waals surface area contributed by atoms with Crippen LogP contribution in [0.15, 0.2) is 66.7 Å². The van der Waals surface area contributed by atoms with Gasteiger partial charge in [0.15, 0.2) is 11.5 Å². The van der Waals surface area contributed by atoms with Gasteiger partial charge < -0.3 is 19.7 Å². The molecule has 0 bridgehead atoms. The summed E-state index contributed by atoms with van der Waals surface area (Å²) < 4.78 is 24.4. The normalized spacial score (nSPS) is 13.9. The lowest BCUT2D eigenvalue weighted by molar-refractivity contribution is 0.0697. The summed E-state index contributed by atoms with van der Waals surface area (Å²) in [5.74, 6) is 0.295. The average molecular weight is 497 g/mol. The number of amides is 2.